The lowest BCUT2D eigenvalue weighted by Gasteiger charge is -2.21. The van der Waals surface area contributed by atoms with E-state index < -0.39 is 0 Å². The van der Waals surface area contributed by atoms with E-state index in [-0.39, 0.29) is 11.8 Å². The Morgan fingerprint density at radius 2 is 2.09 bits per heavy atom. The molecule has 2 heterocycles. The van der Waals surface area contributed by atoms with E-state index >= 15 is 0 Å². The first kappa shape index (κ1) is 15.1. The molecule has 0 spiro atoms. The van der Waals surface area contributed by atoms with Crippen LogP contribution in [0.25, 0.3) is 10.9 Å². The molecule has 23 heavy (non-hydrogen) atoms. The largest absolute Gasteiger partial charge is 0.340 e. The molecule has 3 aromatic rings. The summed E-state index contributed by atoms with van der Waals surface area (Å²) in [5.74, 6) is -0.0994. The summed E-state index contributed by atoms with van der Waals surface area (Å²) in [5, 5.41) is 5.14. The molecule has 0 bridgehead atoms. The first-order chi connectivity index (χ1) is 11.1. The van der Waals surface area contributed by atoms with E-state index in [1.165, 1.54) is 6.33 Å². The van der Waals surface area contributed by atoms with Crippen LogP contribution >= 0.6 is 0 Å². The first-order valence-corrected chi connectivity index (χ1v) is 7.55. The zero-order valence-electron chi connectivity index (χ0n) is 13.3. The molecular formula is C17H19N5O. The number of hydrogen-bond donors (Lipinski definition) is 0. The van der Waals surface area contributed by atoms with Crippen LogP contribution in [0, 0.1) is 5.92 Å². The fourth-order valence-corrected chi connectivity index (χ4v) is 2.58. The third kappa shape index (κ3) is 3.53. The number of fused-ring (bicyclic) bond motifs is 1. The molecular weight excluding hydrogens is 290 g/mol. The van der Waals surface area contributed by atoms with Gasteiger partial charge in [0.2, 0.25) is 5.91 Å². The van der Waals surface area contributed by atoms with Crippen LogP contribution < -0.4 is 0 Å². The molecule has 0 aliphatic carbocycles. The van der Waals surface area contributed by atoms with Crippen LogP contribution in [0.5, 0.6) is 0 Å². The molecule has 2 aromatic heterocycles. The molecule has 0 saturated carbocycles. The van der Waals surface area contributed by atoms with Crippen molar-refractivity contribution in [1.29, 1.82) is 0 Å². The lowest BCUT2D eigenvalue weighted by Crippen LogP contribution is -2.33. The van der Waals surface area contributed by atoms with Crippen molar-refractivity contribution >= 4 is 16.8 Å². The summed E-state index contributed by atoms with van der Waals surface area (Å²) in [4.78, 5) is 22.7. The number of rotatable bonds is 5. The Kier molecular flexibility index (Phi) is 4.32. The van der Waals surface area contributed by atoms with Gasteiger partial charge in [0, 0.05) is 12.4 Å². The summed E-state index contributed by atoms with van der Waals surface area (Å²) in [6.45, 7) is 2.91. The van der Waals surface area contributed by atoms with Gasteiger partial charge in [-0.1, -0.05) is 31.2 Å². The van der Waals surface area contributed by atoms with Crippen molar-refractivity contribution in [3.05, 3.63) is 54.7 Å². The average Bonchev–Trinajstić information content (AvgIpc) is 3.07. The van der Waals surface area contributed by atoms with Crippen LogP contribution in [0.3, 0.4) is 0 Å². The second-order valence-corrected chi connectivity index (χ2v) is 5.71. The van der Waals surface area contributed by atoms with Crippen molar-refractivity contribution in [2.75, 3.05) is 7.05 Å². The van der Waals surface area contributed by atoms with Crippen molar-refractivity contribution in [2.45, 2.75) is 20.0 Å². The molecule has 1 atom stereocenters. The van der Waals surface area contributed by atoms with Gasteiger partial charge in [-0.3, -0.25) is 14.5 Å². The molecule has 1 aromatic carbocycles. The van der Waals surface area contributed by atoms with Gasteiger partial charge in [0.05, 0.1) is 30.2 Å². The molecule has 6 nitrogen and oxygen atoms in total. The normalized spacial score (nSPS) is 12.3. The highest BCUT2D eigenvalue weighted by Gasteiger charge is 2.18. The first-order valence-electron chi connectivity index (χ1n) is 7.55. The Labute approximate surface area is 134 Å². The fourth-order valence-electron chi connectivity index (χ4n) is 2.58. The van der Waals surface area contributed by atoms with E-state index in [1.807, 2.05) is 43.3 Å². The van der Waals surface area contributed by atoms with Crippen molar-refractivity contribution in [3.63, 3.8) is 0 Å². The van der Waals surface area contributed by atoms with Gasteiger partial charge in [0.15, 0.2) is 0 Å². The van der Waals surface area contributed by atoms with Crippen molar-refractivity contribution in [2.24, 2.45) is 5.92 Å². The quantitative estimate of drug-likeness (QED) is 0.724. The minimum absolute atomic E-state index is 0.0652. The predicted molar refractivity (Wildman–Crippen MR) is 87.4 cm³/mol. The van der Waals surface area contributed by atoms with Crippen LogP contribution in [-0.4, -0.2) is 37.6 Å². The monoisotopic (exact) mass is 309 g/mol. The number of amides is 1. The van der Waals surface area contributed by atoms with E-state index in [4.69, 9.17) is 0 Å². The van der Waals surface area contributed by atoms with Gasteiger partial charge in [0.1, 0.15) is 12.7 Å². The Balaban J connectivity index is 1.66. The Hall–Kier alpha value is -2.76. The number of nitrogens with zero attached hydrogens (tertiary/aromatic N) is 5. The summed E-state index contributed by atoms with van der Waals surface area (Å²) >= 11 is 0. The third-order valence-corrected chi connectivity index (χ3v) is 3.78. The molecule has 1 amide bonds. The molecule has 0 aliphatic rings. The number of hydrogen-bond acceptors (Lipinski definition) is 4. The van der Waals surface area contributed by atoms with Gasteiger partial charge in [-0.2, -0.15) is 5.10 Å². The zero-order valence-corrected chi connectivity index (χ0v) is 13.3. The third-order valence-electron chi connectivity index (χ3n) is 3.78. The van der Waals surface area contributed by atoms with Crippen molar-refractivity contribution < 1.29 is 4.79 Å². The lowest BCUT2D eigenvalue weighted by molar-refractivity contribution is -0.134. The van der Waals surface area contributed by atoms with E-state index in [0.29, 0.717) is 13.1 Å². The number of para-hydroxylation sites is 1. The number of aromatic nitrogens is 4. The Morgan fingerprint density at radius 1 is 1.26 bits per heavy atom. The number of carbonyl (C=O) groups is 1. The van der Waals surface area contributed by atoms with Gasteiger partial charge in [-0.05, 0) is 12.1 Å². The minimum Gasteiger partial charge on any atom is -0.340 e. The van der Waals surface area contributed by atoms with Crippen LogP contribution in [0.4, 0.5) is 0 Å². The number of carbonyl (C=O) groups excluding carboxylic acids is 1. The molecule has 0 unspecified atom stereocenters. The summed E-state index contributed by atoms with van der Waals surface area (Å²) < 4.78 is 1.67. The standard InChI is InChI=1S/C17H19N5O/c1-13(9-22-12-18-11-19-22)17(23)21(2)10-15-8-7-14-5-3-4-6-16(14)20-15/h3-8,11-13H,9-10H2,1-2H3/t13-/m1/s1. The SMILES string of the molecule is C[C@H](Cn1cncn1)C(=O)N(C)Cc1ccc2ccccc2n1. The predicted octanol–water partition coefficient (Wildman–Crippen LogP) is 2.12. The van der Waals surface area contributed by atoms with Crippen molar-refractivity contribution in [1.82, 2.24) is 24.6 Å². The summed E-state index contributed by atoms with van der Waals surface area (Å²) in [7, 11) is 1.80. The van der Waals surface area contributed by atoms with E-state index in [1.54, 1.807) is 23.0 Å². The highest BCUT2D eigenvalue weighted by Crippen LogP contribution is 2.13. The van der Waals surface area contributed by atoms with Gasteiger partial charge in [-0.25, -0.2) is 4.98 Å². The average molecular weight is 309 g/mol. The van der Waals surface area contributed by atoms with Crippen LogP contribution in [-0.2, 0) is 17.9 Å². The molecule has 0 radical (unpaired) electrons. The molecule has 0 saturated heterocycles. The van der Waals surface area contributed by atoms with Gasteiger partial charge in [0.25, 0.3) is 0 Å². The molecule has 0 fully saturated rings. The van der Waals surface area contributed by atoms with E-state index in [9.17, 15) is 4.79 Å². The maximum absolute atomic E-state index is 12.5. The maximum atomic E-state index is 12.5. The number of pyridine rings is 1. The summed E-state index contributed by atoms with van der Waals surface area (Å²) in [6, 6.07) is 12.0. The molecule has 118 valence electrons. The Bertz CT molecular complexity index is 800. The summed E-state index contributed by atoms with van der Waals surface area (Å²) in [6.07, 6.45) is 3.09. The van der Waals surface area contributed by atoms with Gasteiger partial charge < -0.3 is 4.90 Å². The van der Waals surface area contributed by atoms with Crippen molar-refractivity contribution in [3.8, 4) is 0 Å². The van der Waals surface area contributed by atoms with Crippen LogP contribution in [0.15, 0.2) is 49.1 Å². The molecule has 0 aliphatic heterocycles. The van der Waals surface area contributed by atoms with E-state index in [2.05, 4.69) is 15.1 Å². The van der Waals surface area contributed by atoms with Gasteiger partial charge >= 0.3 is 0 Å². The molecule has 3 rings (SSSR count). The highest BCUT2D eigenvalue weighted by atomic mass is 16.2. The second-order valence-electron chi connectivity index (χ2n) is 5.71. The minimum atomic E-state index is -0.165. The maximum Gasteiger partial charge on any atom is 0.227 e. The van der Waals surface area contributed by atoms with E-state index in [0.717, 1.165) is 16.6 Å². The topological polar surface area (TPSA) is 63.9 Å². The fraction of sp³-hybridized carbons (Fsp3) is 0.294. The Morgan fingerprint density at radius 3 is 2.87 bits per heavy atom. The molecule has 0 N–H and O–H groups in total. The van der Waals surface area contributed by atoms with Gasteiger partial charge in [-0.15, -0.1) is 0 Å². The van der Waals surface area contributed by atoms with Crippen LogP contribution in [0.2, 0.25) is 0 Å². The zero-order chi connectivity index (χ0) is 16.2. The lowest BCUT2D eigenvalue weighted by atomic mass is 10.1. The smallest absolute Gasteiger partial charge is 0.227 e. The summed E-state index contributed by atoms with van der Waals surface area (Å²) in [5.41, 5.74) is 1.83. The number of benzene rings is 1. The molecule has 6 heteroatoms. The second kappa shape index (κ2) is 6.56. The van der Waals surface area contributed by atoms with Crippen LogP contribution in [0.1, 0.15) is 12.6 Å². The highest BCUT2D eigenvalue weighted by molar-refractivity contribution is 5.79.